The number of para-hydroxylation sites is 2. The standard InChI is InChI=1S/C25H26N6O3S/c1-29-13-6-14-31(24-23(29)26-19-8-3-4-9-20(19)27-24)25(32)17-11-15-30(16-12-17)22-18-7-2-5-10-21(18)35(33,34)28-22/h2-5,7-10,17H,6,11-16H2,1H3. The minimum absolute atomic E-state index is 0.0622. The van der Waals surface area contributed by atoms with Crippen molar-refractivity contribution in [1.29, 1.82) is 0 Å². The van der Waals surface area contributed by atoms with Gasteiger partial charge >= 0.3 is 0 Å². The lowest BCUT2D eigenvalue weighted by molar-refractivity contribution is -0.123. The molecule has 2 aromatic carbocycles. The number of benzene rings is 2. The summed E-state index contributed by atoms with van der Waals surface area (Å²) >= 11 is 0. The van der Waals surface area contributed by atoms with Crippen molar-refractivity contribution < 1.29 is 13.2 Å². The minimum Gasteiger partial charge on any atom is -0.357 e. The third-order valence-corrected chi connectivity index (χ3v) is 8.37. The number of carbonyl (C=O) groups excluding carboxylic acids is 1. The first-order chi connectivity index (χ1) is 16.9. The molecule has 0 aliphatic carbocycles. The third kappa shape index (κ3) is 3.72. The molecular weight excluding hydrogens is 464 g/mol. The van der Waals surface area contributed by atoms with Gasteiger partial charge in [0.05, 0.1) is 11.0 Å². The zero-order valence-corrected chi connectivity index (χ0v) is 20.3. The molecule has 35 heavy (non-hydrogen) atoms. The maximum absolute atomic E-state index is 13.7. The van der Waals surface area contributed by atoms with Crippen molar-refractivity contribution in [3.8, 4) is 0 Å². The summed E-state index contributed by atoms with van der Waals surface area (Å²) in [4.78, 5) is 29.5. The molecule has 180 valence electrons. The van der Waals surface area contributed by atoms with Crippen LogP contribution < -0.4 is 9.80 Å². The second-order valence-corrected chi connectivity index (χ2v) is 10.8. The molecule has 3 aliphatic rings. The Morgan fingerprint density at radius 2 is 1.54 bits per heavy atom. The van der Waals surface area contributed by atoms with E-state index in [-0.39, 0.29) is 16.7 Å². The van der Waals surface area contributed by atoms with Crippen molar-refractivity contribution in [1.82, 2.24) is 14.9 Å². The van der Waals surface area contributed by atoms with E-state index in [1.165, 1.54) is 0 Å². The van der Waals surface area contributed by atoms with Gasteiger partial charge in [-0.05, 0) is 43.5 Å². The lowest BCUT2D eigenvalue weighted by atomic mass is 9.94. The molecule has 9 nitrogen and oxygen atoms in total. The highest BCUT2D eigenvalue weighted by molar-refractivity contribution is 7.90. The Morgan fingerprint density at radius 3 is 2.29 bits per heavy atom. The van der Waals surface area contributed by atoms with Crippen LogP contribution in [0.5, 0.6) is 0 Å². The van der Waals surface area contributed by atoms with Crippen molar-refractivity contribution >= 4 is 44.4 Å². The number of piperidine rings is 1. The van der Waals surface area contributed by atoms with Crippen LogP contribution in [0.3, 0.4) is 0 Å². The van der Waals surface area contributed by atoms with E-state index in [9.17, 15) is 13.2 Å². The van der Waals surface area contributed by atoms with Gasteiger partial charge in [-0.1, -0.05) is 24.3 Å². The predicted octanol–water partition coefficient (Wildman–Crippen LogP) is 2.66. The molecule has 1 amide bonds. The molecule has 0 atom stereocenters. The maximum Gasteiger partial charge on any atom is 0.285 e. The number of hydrogen-bond acceptors (Lipinski definition) is 7. The van der Waals surface area contributed by atoms with Gasteiger partial charge in [-0.25, -0.2) is 9.97 Å². The summed E-state index contributed by atoms with van der Waals surface area (Å²) < 4.78 is 29.0. The van der Waals surface area contributed by atoms with E-state index in [0.717, 1.165) is 29.8 Å². The molecule has 1 saturated heterocycles. The molecule has 0 radical (unpaired) electrons. The topological polar surface area (TPSA) is 99.1 Å². The lowest BCUT2D eigenvalue weighted by Gasteiger charge is -2.35. The van der Waals surface area contributed by atoms with Crippen molar-refractivity contribution in [3.05, 3.63) is 54.1 Å². The normalized spacial score (nSPS) is 19.8. The minimum atomic E-state index is -3.66. The van der Waals surface area contributed by atoms with Crippen molar-refractivity contribution in [2.75, 3.05) is 43.0 Å². The fourth-order valence-corrected chi connectivity index (χ4v) is 6.41. The molecule has 0 spiro atoms. The van der Waals surface area contributed by atoms with Gasteiger partial charge in [-0.3, -0.25) is 9.69 Å². The molecule has 0 N–H and O–H groups in total. The zero-order chi connectivity index (χ0) is 24.2. The van der Waals surface area contributed by atoms with Crippen LogP contribution in [-0.4, -0.2) is 68.3 Å². The number of likely N-dealkylation sites (tertiary alicyclic amines) is 1. The number of aromatic nitrogens is 2. The molecule has 4 heterocycles. The lowest BCUT2D eigenvalue weighted by Crippen LogP contribution is -2.45. The molecule has 3 aliphatic heterocycles. The van der Waals surface area contributed by atoms with Crippen LogP contribution in [0.1, 0.15) is 24.8 Å². The number of sulfonamides is 1. The van der Waals surface area contributed by atoms with E-state index < -0.39 is 10.0 Å². The molecule has 3 aromatic rings. The van der Waals surface area contributed by atoms with Gasteiger partial charge in [-0.15, -0.1) is 4.40 Å². The molecule has 1 aromatic heterocycles. The monoisotopic (exact) mass is 490 g/mol. The van der Waals surface area contributed by atoms with Gasteiger partial charge in [0, 0.05) is 44.7 Å². The number of hydrogen-bond donors (Lipinski definition) is 0. The van der Waals surface area contributed by atoms with Crippen LogP contribution >= 0.6 is 0 Å². The van der Waals surface area contributed by atoms with Crippen LogP contribution in [-0.2, 0) is 14.8 Å². The largest absolute Gasteiger partial charge is 0.357 e. The fraction of sp³-hybridized carbons (Fsp3) is 0.360. The van der Waals surface area contributed by atoms with Gasteiger partial charge in [0.2, 0.25) is 5.91 Å². The van der Waals surface area contributed by atoms with Crippen molar-refractivity contribution in [3.63, 3.8) is 0 Å². The summed E-state index contributed by atoms with van der Waals surface area (Å²) in [6, 6.07) is 14.6. The summed E-state index contributed by atoms with van der Waals surface area (Å²) in [6.45, 7) is 2.55. The predicted molar refractivity (Wildman–Crippen MR) is 134 cm³/mol. The van der Waals surface area contributed by atoms with E-state index >= 15 is 0 Å². The molecule has 6 rings (SSSR count). The van der Waals surface area contributed by atoms with Gasteiger partial charge < -0.3 is 9.80 Å². The Labute approximate surface area is 204 Å². The van der Waals surface area contributed by atoms with Crippen molar-refractivity contribution in [2.24, 2.45) is 10.3 Å². The molecule has 1 fully saturated rings. The number of amides is 1. The van der Waals surface area contributed by atoms with Crippen LogP contribution in [0.4, 0.5) is 11.6 Å². The SMILES string of the molecule is CN1CCCN(C(=O)C2CCN(C3=NS(=O)(=O)c4ccccc43)CC2)c2nc3ccccc3nc21. The summed E-state index contributed by atoms with van der Waals surface area (Å²) in [5, 5.41) is 0. The molecule has 0 saturated carbocycles. The second kappa shape index (κ2) is 8.30. The number of amidine groups is 1. The van der Waals surface area contributed by atoms with Gasteiger partial charge in [-0.2, -0.15) is 8.42 Å². The van der Waals surface area contributed by atoms with Crippen LogP contribution in [0.15, 0.2) is 57.8 Å². The van der Waals surface area contributed by atoms with Gasteiger partial charge in [0.15, 0.2) is 17.5 Å². The van der Waals surface area contributed by atoms with E-state index in [1.807, 2.05) is 47.2 Å². The van der Waals surface area contributed by atoms with E-state index in [2.05, 4.69) is 9.30 Å². The maximum atomic E-state index is 13.7. The average Bonchev–Trinajstić information content (AvgIpc) is 3.05. The number of carbonyl (C=O) groups is 1. The number of nitrogens with zero attached hydrogens (tertiary/aromatic N) is 6. The van der Waals surface area contributed by atoms with Crippen LogP contribution in [0.25, 0.3) is 11.0 Å². The summed E-state index contributed by atoms with van der Waals surface area (Å²) in [5.74, 6) is 1.74. The molecule has 0 unspecified atom stereocenters. The van der Waals surface area contributed by atoms with Gasteiger partial charge in [0.1, 0.15) is 4.90 Å². The molecule has 0 bridgehead atoms. The second-order valence-electron chi connectivity index (χ2n) is 9.27. The summed E-state index contributed by atoms with van der Waals surface area (Å²) in [5.41, 5.74) is 2.23. The van der Waals surface area contributed by atoms with Crippen LogP contribution in [0, 0.1) is 5.92 Å². The molecular formula is C25H26N6O3S. The number of anilines is 2. The Kier molecular flexibility index (Phi) is 5.21. The Bertz CT molecular complexity index is 1460. The first kappa shape index (κ1) is 22.0. The average molecular weight is 491 g/mol. The molecule has 10 heteroatoms. The Morgan fingerprint density at radius 1 is 0.886 bits per heavy atom. The van der Waals surface area contributed by atoms with Crippen molar-refractivity contribution in [2.45, 2.75) is 24.2 Å². The first-order valence-electron chi connectivity index (χ1n) is 11.9. The van der Waals surface area contributed by atoms with E-state index in [0.29, 0.717) is 49.7 Å². The smallest absolute Gasteiger partial charge is 0.285 e. The highest BCUT2D eigenvalue weighted by Crippen LogP contribution is 2.34. The van der Waals surface area contributed by atoms with Gasteiger partial charge in [0.25, 0.3) is 10.0 Å². The first-order valence-corrected chi connectivity index (χ1v) is 13.3. The zero-order valence-electron chi connectivity index (χ0n) is 19.5. The Balaban J connectivity index is 1.24. The highest BCUT2D eigenvalue weighted by Gasteiger charge is 2.37. The Hall–Kier alpha value is -3.53. The number of rotatable bonds is 1. The van der Waals surface area contributed by atoms with Crippen LogP contribution in [0.2, 0.25) is 0 Å². The fourth-order valence-electron chi connectivity index (χ4n) is 5.19. The number of fused-ring (bicyclic) bond motifs is 3. The quantitative estimate of drug-likeness (QED) is 0.517. The third-order valence-electron chi connectivity index (χ3n) is 7.05. The van der Waals surface area contributed by atoms with E-state index in [4.69, 9.17) is 9.97 Å². The van der Waals surface area contributed by atoms with E-state index in [1.54, 1.807) is 18.2 Å². The summed E-state index contributed by atoms with van der Waals surface area (Å²) in [6.07, 6.45) is 2.09. The summed E-state index contributed by atoms with van der Waals surface area (Å²) in [7, 11) is -1.67. The highest BCUT2D eigenvalue weighted by atomic mass is 32.2.